The molecular formula is C18H23NO4. The summed E-state index contributed by atoms with van der Waals surface area (Å²) in [5.74, 6) is 1.59. The fourth-order valence-corrected chi connectivity index (χ4v) is 5.53. The van der Waals surface area contributed by atoms with Gasteiger partial charge in [0.15, 0.2) is 0 Å². The summed E-state index contributed by atoms with van der Waals surface area (Å²) in [6.07, 6.45) is 5.49. The van der Waals surface area contributed by atoms with Gasteiger partial charge in [0.05, 0.1) is 0 Å². The number of phenols is 1. The number of aromatic hydroxyl groups is 1. The average molecular weight is 317 g/mol. The van der Waals surface area contributed by atoms with Crippen molar-refractivity contribution in [2.45, 2.75) is 51.4 Å². The highest BCUT2D eigenvalue weighted by Gasteiger charge is 2.54. The fourth-order valence-electron chi connectivity index (χ4n) is 5.53. The number of carbonyl (C=O) groups excluding carboxylic acids is 1. The minimum atomic E-state index is -0.154. The lowest BCUT2D eigenvalue weighted by Gasteiger charge is -2.48. The van der Waals surface area contributed by atoms with Gasteiger partial charge in [0.1, 0.15) is 17.2 Å². The number of carbonyl (C=O) groups is 1. The van der Waals surface area contributed by atoms with Crippen LogP contribution in [-0.4, -0.2) is 21.3 Å². The molecule has 3 aliphatic carbocycles. The van der Waals surface area contributed by atoms with Gasteiger partial charge in [-0.1, -0.05) is 6.92 Å². The molecule has 0 bridgehead atoms. The minimum absolute atomic E-state index is 0.00867. The molecule has 0 amide bonds. The van der Waals surface area contributed by atoms with E-state index in [0.29, 0.717) is 30.0 Å². The number of anilines is 1. The molecule has 2 fully saturated rings. The first-order valence-corrected chi connectivity index (χ1v) is 8.49. The summed E-state index contributed by atoms with van der Waals surface area (Å²) in [7, 11) is 0. The Kier molecular flexibility index (Phi) is 3.22. The summed E-state index contributed by atoms with van der Waals surface area (Å²) >= 11 is 0. The van der Waals surface area contributed by atoms with Crippen LogP contribution in [0.2, 0.25) is 0 Å². The van der Waals surface area contributed by atoms with E-state index >= 15 is 0 Å². The Balaban J connectivity index is 1.74. The molecule has 0 spiro atoms. The second-order valence-electron chi connectivity index (χ2n) is 7.66. The average Bonchev–Trinajstić information content (AvgIpc) is 2.81. The second-order valence-corrected chi connectivity index (χ2v) is 7.66. The van der Waals surface area contributed by atoms with E-state index in [2.05, 4.69) is 6.92 Å². The Morgan fingerprint density at radius 1 is 1.17 bits per heavy atom. The fraction of sp³-hybridized carbons (Fsp3) is 0.611. The predicted octanol–water partition coefficient (Wildman–Crippen LogP) is 3.40. The maximum Gasteiger partial charge on any atom is 0.144 e. The van der Waals surface area contributed by atoms with Crippen molar-refractivity contribution in [2.24, 2.45) is 17.3 Å². The molecule has 0 heterocycles. The SMILES string of the molecule is C[C@]12CCC3c4cc(N(O)O)c(O)cc4CCC3C1CCC2=O. The van der Waals surface area contributed by atoms with Gasteiger partial charge in [-0.2, -0.15) is 0 Å². The third-order valence-electron chi connectivity index (χ3n) is 6.74. The van der Waals surface area contributed by atoms with Crippen LogP contribution in [0.3, 0.4) is 0 Å². The predicted molar refractivity (Wildman–Crippen MR) is 83.8 cm³/mol. The van der Waals surface area contributed by atoms with E-state index in [-0.39, 0.29) is 22.1 Å². The number of phenolic OH excluding ortho intramolecular Hbond substituents is 1. The number of hydrogen-bond donors (Lipinski definition) is 3. The third-order valence-corrected chi connectivity index (χ3v) is 6.74. The minimum Gasteiger partial charge on any atom is -0.506 e. The maximum atomic E-state index is 12.3. The Bertz CT molecular complexity index is 671. The number of benzene rings is 1. The van der Waals surface area contributed by atoms with E-state index in [0.717, 1.165) is 43.2 Å². The number of nitrogens with zero attached hydrogens (tertiary/aromatic N) is 1. The van der Waals surface area contributed by atoms with Gasteiger partial charge in [-0.25, -0.2) is 0 Å². The van der Waals surface area contributed by atoms with E-state index in [4.69, 9.17) is 0 Å². The van der Waals surface area contributed by atoms with Gasteiger partial charge in [0, 0.05) is 11.8 Å². The van der Waals surface area contributed by atoms with Crippen molar-refractivity contribution in [3.8, 4) is 5.75 Å². The van der Waals surface area contributed by atoms with Gasteiger partial charge in [-0.05, 0) is 73.1 Å². The van der Waals surface area contributed by atoms with Crippen LogP contribution in [0, 0.1) is 17.3 Å². The highest BCUT2D eigenvalue weighted by Crippen LogP contribution is 2.60. The second kappa shape index (κ2) is 4.95. The van der Waals surface area contributed by atoms with Crippen LogP contribution >= 0.6 is 0 Å². The van der Waals surface area contributed by atoms with Crippen LogP contribution in [0.5, 0.6) is 5.75 Å². The molecule has 0 radical (unpaired) electrons. The Morgan fingerprint density at radius 2 is 1.96 bits per heavy atom. The van der Waals surface area contributed by atoms with Crippen molar-refractivity contribution in [3.05, 3.63) is 23.3 Å². The number of rotatable bonds is 1. The summed E-state index contributed by atoms with van der Waals surface area (Å²) in [5, 5.41) is 28.6. The lowest BCUT2D eigenvalue weighted by atomic mass is 9.55. The molecule has 124 valence electrons. The monoisotopic (exact) mass is 317 g/mol. The summed E-state index contributed by atoms with van der Waals surface area (Å²) in [6, 6.07) is 3.37. The van der Waals surface area contributed by atoms with Crippen molar-refractivity contribution >= 4 is 11.5 Å². The molecule has 0 aromatic heterocycles. The molecule has 0 saturated heterocycles. The standard InChI is InChI=1S/C18H23NO4/c1-18-7-6-11-12(14(18)4-5-17(18)21)3-2-10-8-16(20)15(19(22)23)9-13(10)11/h8-9,11-12,14,20,22-23H,2-7H2,1H3/t11?,12?,14?,18-/m0/s1. The highest BCUT2D eigenvalue weighted by molar-refractivity contribution is 5.87. The maximum absolute atomic E-state index is 12.3. The van der Waals surface area contributed by atoms with Crippen molar-refractivity contribution in [1.29, 1.82) is 0 Å². The highest BCUT2D eigenvalue weighted by atomic mass is 16.8. The molecule has 5 nitrogen and oxygen atoms in total. The largest absolute Gasteiger partial charge is 0.506 e. The molecule has 4 atom stereocenters. The first-order valence-electron chi connectivity index (χ1n) is 8.49. The van der Waals surface area contributed by atoms with Crippen LogP contribution in [0.15, 0.2) is 12.1 Å². The van der Waals surface area contributed by atoms with Crippen LogP contribution in [0.4, 0.5) is 5.69 Å². The Hall–Kier alpha value is -1.59. The number of hydrogen-bond acceptors (Lipinski definition) is 5. The van der Waals surface area contributed by atoms with Crippen LogP contribution in [0.1, 0.15) is 56.1 Å². The van der Waals surface area contributed by atoms with Gasteiger partial charge in [0.25, 0.3) is 0 Å². The molecule has 1 aromatic rings. The lowest BCUT2D eigenvalue weighted by molar-refractivity contribution is -0.129. The van der Waals surface area contributed by atoms with Gasteiger partial charge < -0.3 is 5.11 Å². The molecule has 4 rings (SSSR count). The topological polar surface area (TPSA) is 81.0 Å². The summed E-state index contributed by atoms with van der Waals surface area (Å²) in [5.41, 5.74) is 2.09. The van der Waals surface area contributed by atoms with E-state index < -0.39 is 0 Å². The summed E-state index contributed by atoms with van der Waals surface area (Å²) < 4.78 is 0. The molecule has 23 heavy (non-hydrogen) atoms. The molecule has 5 heteroatoms. The molecule has 0 aliphatic heterocycles. The number of ketones is 1. The molecule has 3 aliphatic rings. The van der Waals surface area contributed by atoms with Crippen LogP contribution in [-0.2, 0) is 11.2 Å². The van der Waals surface area contributed by atoms with Crippen molar-refractivity contribution in [2.75, 3.05) is 5.23 Å². The third kappa shape index (κ3) is 2.03. The molecule has 3 unspecified atom stereocenters. The molecule has 1 aromatic carbocycles. The Morgan fingerprint density at radius 3 is 2.70 bits per heavy atom. The molecular weight excluding hydrogens is 294 g/mol. The number of aryl methyl sites for hydroxylation is 1. The van der Waals surface area contributed by atoms with E-state index in [9.17, 15) is 20.3 Å². The van der Waals surface area contributed by atoms with Crippen molar-refractivity contribution in [1.82, 2.24) is 0 Å². The van der Waals surface area contributed by atoms with Gasteiger partial charge in [0.2, 0.25) is 0 Å². The zero-order chi connectivity index (χ0) is 16.4. The van der Waals surface area contributed by atoms with Gasteiger partial charge in [-0.3, -0.25) is 15.2 Å². The van der Waals surface area contributed by atoms with Crippen LogP contribution in [0.25, 0.3) is 0 Å². The number of Topliss-reactive ketones (excluding diaryl/α,β-unsaturated/α-hetero) is 1. The first-order chi connectivity index (χ1) is 10.9. The summed E-state index contributed by atoms with van der Waals surface area (Å²) in [6.45, 7) is 2.14. The molecule has 2 saturated carbocycles. The summed E-state index contributed by atoms with van der Waals surface area (Å²) in [4.78, 5) is 12.3. The zero-order valence-electron chi connectivity index (χ0n) is 13.3. The van der Waals surface area contributed by atoms with Crippen molar-refractivity contribution < 1.29 is 20.3 Å². The number of fused-ring (bicyclic) bond motifs is 5. The van der Waals surface area contributed by atoms with Crippen molar-refractivity contribution in [3.63, 3.8) is 0 Å². The quantitative estimate of drug-likeness (QED) is 0.692. The van der Waals surface area contributed by atoms with E-state index in [1.165, 1.54) is 0 Å². The van der Waals surface area contributed by atoms with E-state index in [1.54, 1.807) is 12.1 Å². The zero-order valence-corrected chi connectivity index (χ0v) is 13.3. The Labute approximate surface area is 135 Å². The normalized spacial score (nSPS) is 35.4. The van der Waals surface area contributed by atoms with Gasteiger partial charge in [-0.15, -0.1) is 5.23 Å². The smallest absolute Gasteiger partial charge is 0.144 e. The van der Waals surface area contributed by atoms with Crippen LogP contribution < -0.4 is 5.23 Å². The van der Waals surface area contributed by atoms with Gasteiger partial charge >= 0.3 is 0 Å². The first kappa shape index (κ1) is 15.0. The molecule has 3 N–H and O–H groups in total. The lowest BCUT2D eigenvalue weighted by Crippen LogP contribution is -2.42. The van der Waals surface area contributed by atoms with E-state index in [1.807, 2.05) is 0 Å².